The van der Waals surface area contributed by atoms with Gasteiger partial charge in [0.25, 0.3) is 0 Å². The van der Waals surface area contributed by atoms with Crippen LogP contribution in [0.5, 0.6) is 0 Å². The third-order valence-corrected chi connectivity index (χ3v) is 4.16. The van der Waals surface area contributed by atoms with E-state index in [0.717, 1.165) is 31.9 Å². The van der Waals surface area contributed by atoms with E-state index >= 15 is 0 Å². The van der Waals surface area contributed by atoms with Crippen molar-refractivity contribution in [2.75, 3.05) is 6.54 Å². The molecule has 17 heavy (non-hydrogen) atoms. The molecule has 0 amide bonds. The first kappa shape index (κ1) is 10.9. The maximum atomic E-state index is 4.51. The first-order valence-electron chi connectivity index (χ1n) is 5.88. The first-order chi connectivity index (χ1) is 8.22. The number of nitrogens with one attached hydrogen (secondary N) is 1. The number of hydrogen-bond acceptors (Lipinski definition) is 4. The van der Waals surface area contributed by atoms with Crippen molar-refractivity contribution in [3.05, 3.63) is 33.3 Å². The summed E-state index contributed by atoms with van der Waals surface area (Å²) in [6.45, 7) is 7.19. The van der Waals surface area contributed by atoms with Gasteiger partial charge in [-0.15, -0.1) is 11.3 Å². The SMILES string of the molecule is Cc1nc2c([nH]1)CN(Cc1scnc1C)CC2. The zero-order chi connectivity index (χ0) is 11.8. The van der Waals surface area contributed by atoms with E-state index in [0.29, 0.717) is 0 Å². The Morgan fingerprint density at radius 2 is 2.35 bits per heavy atom. The Morgan fingerprint density at radius 1 is 1.47 bits per heavy atom. The van der Waals surface area contributed by atoms with Crippen molar-refractivity contribution in [3.8, 4) is 0 Å². The summed E-state index contributed by atoms with van der Waals surface area (Å²) in [6, 6.07) is 0. The fraction of sp³-hybridized carbons (Fsp3) is 0.500. The van der Waals surface area contributed by atoms with Gasteiger partial charge in [-0.25, -0.2) is 9.97 Å². The van der Waals surface area contributed by atoms with Gasteiger partial charge in [0.2, 0.25) is 0 Å². The number of rotatable bonds is 2. The van der Waals surface area contributed by atoms with Gasteiger partial charge in [-0.05, 0) is 13.8 Å². The molecule has 0 saturated heterocycles. The average molecular weight is 248 g/mol. The molecule has 0 bridgehead atoms. The van der Waals surface area contributed by atoms with Gasteiger partial charge in [-0.1, -0.05) is 0 Å². The van der Waals surface area contributed by atoms with Gasteiger partial charge in [0, 0.05) is 30.9 Å². The van der Waals surface area contributed by atoms with Crippen LogP contribution in [0.1, 0.15) is 27.8 Å². The standard InChI is InChI=1S/C12H16N4S/c1-8-12(17-7-13-8)6-16-4-3-10-11(5-16)15-9(2)14-10/h7H,3-6H2,1-2H3,(H,14,15). The molecule has 0 fully saturated rings. The number of aromatic amines is 1. The lowest BCUT2D eigenvalue weighted by molar-refractivity contribution is 0.243. The van der Waals surface area contributed by atoms with Gasteiger partial charge in [-0.2, -0.15) is 0 Å². The van der Waals surface area contributed by atoms with Crippen LogP contribution in [-0.4, -0.2) is 26.4 Å². The van der Waals surface area contributed by atoms with Gasteiger partial charge in [0.1, 0.15) is 5.82 Å². The summed E-state index contributed by atoms with van der Waals surface area (Å²) < 4.78 is 0. The Bertz CT molecular complexity index is 528. The van der Waals surface area contributed by atoms with Crippen molar-refractivity contribution in [2.45, 2.75) is 33.4 Å². The van der Waals surface area contributed by atoms with E-state index < -0.39 is 0 Å². The molecule has 1 aliphatic rings. The van der Waals surface area contributed by atoms with Gasteiger partial charge in [0.05, 0.1) is 22.6 Å². The minimum Gasteiger partial charge on any atom is -0.345 e. The number of imidazole rings is 1. The van der Waals surface area contributed by atoms with Gasteiger partial charge >= 0.3 is 0 Å². The minimum atomic E-state index is 0.980. The smallest absolute Gasteiger partial charge is 0.103 e. The summed E-state index contributed by atoms with van der Waals surface area (Å²) in [5, 5.41) is 0. The number of thiazole rings is 1. The molecule has 2 aromatic heterocycles. The summed E-state index contributed by atoms with van der Waals surface area (Å²) in [4.78, 5) is 16.0. The molecule has 3 rings (SSSR count). The molecule has 0 unspecified atom stereocenters. The summed E-state index contributed by atoms with van der Waals surface area (Å²) in [5.41, 5.74) is 5.64. The highest BCUT2D eigenvalue weighted by atomic mass is 32.1. The molecule has 90 valence electrons. The monoisotopic (exact) mass is 248 g/mol. The first-order valence-corrected chi connectivity index (χ1v) is 6.76. The number of fused-ring (bicyclic) bond motifs is 1. The molecular formula is C12H16N4S. The molecule has 0 radical (unpaired) electrons. The van der Waals surface area contributed by atoms with Crippen LogP contribution in [0.3, 0.4) is 0 Å². The van der Waals surface area contributed by atoms with Crippen molar-refractivity contribution in [1.82, 2.24) is 19.9 Å². The Hall–Kier alpha value is -1.20. The van der Waals surface area contributed by atoms with Gasteiger partial charge in [-0.3, -0.25) is 4.90 Å². The van der Waals surface area contributed by atoms with Crippen molar-refractivity contribution in [1.29, 1.82) is 0 Å². The molecule has 2 aromatic rings. The van der Waals surface area contributed by atoms with Crippen LogP contribution >= 0.6 is 11.3 Å². The van der Waals surface area contributed by atoms with Crippen LogP contribution in [-0.2, 0) is 19.5 Å². The van der Waals surface area contributed by atoms with Crippen LogP contribution in [0.25, 0.3) is 0 Å². The van der Waals surface area contributed by atoms with Crippen LogP contribution in [0.4, 0.5) is 0 Å². The van der Waals surface area contributed by atoms with E-state index in [9.17, 15) is 0 Å². The largest absolute Gasteiger partial charge is 0.345 e. The Kier molecular flexibility index (Phi) is 2.72. The van der Waals surface area contributed by atoms with E-state index in [-0.39, 0.29) is 0 Å². The molecule has 0 aliphatic carbocycles. The summed E-state index contributed by atoms with van der Waals surface area (Å²) in [6.07, 6.45) is 1.05. The fourth-order valence-corrected chi connectivity index (χ4v) is 3.13. The summed E-state index contributed by atoms with van der Waals surface area (Å²) >= 11 is 1.75. The normalized spacial score (nSPS) is 16.1. The lowest BCUT2D eigenvalue weighted by Crippen LogP contribution is -2.30. The number of aryl methyl sites for hydroxylation is 2. The number of hydrogen-bond donors (Lipinski definition) is 1. The predicted molar refractivity (Wildman–Crippen MR) is 68.0 cm³/mol. The zero-order valence-electron chi connectivity index (χ0n) is 10.2. The highest BCUT2D eigenvalue weighted by Gasteiger charge is 2.20. The number of aromatic nitrogens is 3. The average Bonchev–Trinajstić information content (AvgIpc) is 2.84. The Balaban J connectivity index is 1.74. The van der Waals surface area contributed by atoms with Gasteiger partial charge in [0.15, 0.2) is 0 Å². The van der Waals surface area contributed by atoms with Crippen molar-refractivity contribution >= 4 is 11.3 Å². The molecule has 1 aliphatic heterocycles. The Morgan fingerprint density at radius 3 is 3.12 bits per heavy atom. The zero-order valence-corrected chi connectivity index (χ0v) is 11.0. The highest BCUT2D eigenvalue weighted by molar-refractivity contribution is 7.09. The lowest BCUT2D eigenvalue weighted by atomic mass is 10.1. The topological polar surface area (TPSA) is 44.8 Å². The maximum absolute atomic E-state index is 4.51. The molecule has 0 spiro atoms. The number of nitrogens with zero attached hydrogens (tertiary/aromatic N) is 3. The van der Waals surface area contributed by atoms with Crippen LogP contribution in [0, 0.1) is 13.8 Å². The highest BCUT2D eigenvalue weighted by Crippen LogP contribution is 2.21. The van der Waals surface area contributed by atoms with E-state index in [1.807, 2.05) is 12.4 Å². The molecule has 3 heterocycles. The van der Waals surface area contributed by atoms with E-state index in [4.69, 9.17) is 0 Å². The van der Waals surface area contributed by atoms with Crippen LogP contribution in [0.15, 0.2) is 5.51 Å². The molecule has 1 N–H and O–H groups in total. The van der Waals surface area contributed by atoms with E-state index in [1.165, 1.54) is 22.0 Å². The summed E-state index contributed by atoms with van der Waals surface area (Å²) in [7, 11) is 0. The summed E-state index contributed by atoms with van der Waals surface area (Å²) in [5.74, 6) is 1.03. The third kappa shape index (κ3) is 2.12. The quantitative estimate of drug-likeness (QED) is 0.884. The van der Waals surface area contributed by atoms with Crippen LogP contribution < -0.4 is 0 Å². The van der Waals surface area contributed by atoms with E-state index in [2.05, 4.69) is 26.8 Å². The fourth-order valence-electron chi connectivity index (χ4n) is 2.31. The molecule has 0 aromatic carbocycles. The maximum Gasteiger partial charge on any atom is 0.103 e. The molecule has 4 nitrogen and oxygen atoms in total. The second-order valence-electron chi connectivity index (χ2n) is 4.57. The van der Waals surface area contributed by atoms with Gasteiger partial charge < -0.3 is 4.98 Å². The third-order valence-electron chi connectivity index (χ3n) is 3.24. The second-order valence-corrected chi connectivity index (χ2v) is 5.51. The predicted octanol–water partition coefficient (Wildman–Crippen LogP) is 2.04. The van der Waals surface area contributed by atoms with E-state index in [1.54, 1.807) is 11.3 Å². The second kappa shape index (κ2) is 4.23. The Labute approximate surface area is 105 Å². The molecular weight excluding hydrogens is 232 g/mol. The minimum absolute atomic E-state index is 0.980. The van der Waals surface area contributed by atoms with Crippen molar-refractivity contribution < 1.29 is 0 Å². The molecule has 5 heteroatoms. The lowest BCUT2D eigenvalue weighted by Gasteiger charge is -2.25. The number of H-pyrrole nitrogens is 1. The van der Waals surface area contributed by atoms with Crippen molar-refractivity contribution in [3.63, 3.8) is 0 Å². The van der Waals surface area contributed by atoms with Crippen LogP contribution in [0.2, 0.25) is 0 Å². The molecule has 0 saturated carbocycles. The van der Waals surface area contributed by atoms with Crippen molar-refractivity contribution in [2.24, 2.45) is 0 Å². The molecule has 0 atom stereocenters.